The van der Waals surface area contributed by atoms with Crippen LogP contribution in [0, 0.1) is 5.92 Å². The molecule has 2 amide bonds. The number of hydrogen-bond donors (Lipinski definition) is 3. The minimum Gasteiger partial charge on any atom is -0.484 e. The van der Waals surface area contributed by atoms with Gasteiger partial charge in [0.05, 0.1) is 18.5 Å². The number of benzene rings is 1. The number of pyridine rings is 1. The Kier molecular flexibility index (Phi) is 5.94. The van der Waals surface area contributed by atoms with Crippen molar-refractivity contribution in [1.82, 2.24) is 4.98 Å². The number of amides is 2. The lowest BCUT2D eigenvalue weighted by Gasteiger charge is -2.25. The zero-order valence-corrected chi connectivity index (χ0v) is 17.6. The Balaban J connectivity index is 1.88. The molecule has 2 bridgehead atoms. The summed E-state index contributed by atoms with van der Waals surface area (Å²) < 4.78 is 16.3. The molecule has 2 aromatic rings. The Morgan fingerprint density at radius 2 is 2.03 bits per heavy atom. The van der Waals surface area contributed by atoms with Crippen molar-refractivity contribution in [3.05, 3.63) is 30.0 Å². The largest absolute Gasteiger partial charge is 0.484 e. The summed E-state index contributed by atoms with van der Waals surface area (Å²) in [6.45, 7) is 2.69. The van der Waals surface area contributed by atoms with E-state index in [1.54, 1.807) is 18.2 Å². The Morgan fingerprint density at radius 1 is 1.23 bits per heavy atom. The number of aromatic nitrogens is 1. The fourth-order valence-corrected chi connectivity index (χ4v) is 3.75. The van der Waals surface area contributed by atoms with Crippen molar-refractivity contribution < 1.29 is 23.8 Å². The van der Waals surface area contributed by atoms with Gasteiger partial charge in [0.1, 0.15) is 13.2 Å². The molecule has 1 aromatic carbocycles. The van der Waals surface area contributed by atoms with Crippen LogP contribution in [0.25, 0.3) is 11.1 Å². The Labute approximate surface area is 180 Å². The molecule has 1 aromatic heterocycles. The van der Waals surface area contributed by atoms with E-state index in [9.17, 15) is 9.59 Å². The van der Waals surface area contributed by atoms with Crippen molar-refractivity contribution >= 4 is 23.4 Å². The first-order valence-electron chi connectivity index (χ1n) is 10.3. The average molecular weight is 426 g/mol. The summed E-state index contributed by atoms with van der Waals surface area (Å²) in [5, 5.41) is 5.64. The lowest BCUT2D eigenvalue weighted by atomic mass is 9.95. The van der Waals surface area contributed by atoms with Crippen molar-refractivity contribution in [2.24, 2.45) is 11.7 Å². The molecule has 2 aliphatic heterocycles. The molecule has 0 fully saturated rings. The SMILES string of the molecule is COC(=O)Nc1ccc2c(c1)NC(=O)[C@H](C)CCC[C@H](N)c1cc-2c2c(n1)OCCO2. The summed E-state index contributed by atoms with van der Waals surface area (Å²) in [7, 11) is 1.29. The van der Waals surface area contributed by atoms with Crippen molar-refractivity contribution in [1.29, 1.82) is 0 Å². The van der Waals surface area contributed by atoms with E-state index in [1.165, 1.54) is 7.11 Å². The fourth-order valence-electron chi connectivity index (χ4n) is 3.75. The first-order valence-corrected chi connectivity index (χ1v) is 10.3. The molecule has 0 unspecified atom stereocenters. The van der Waals surface area contributed by atoms with Crippen LogP contribution >= 0.6 is 0 Å². The van der Waals surface area contributed by atoms with E-state index in [1.807, 2.05) is 13.0 Å². The van der Waals surface area contributed by atoms with E-state index in [2.05, 4.69) is 20.4 Å². The van der Waals surface area contributed by atoms with E-state index in [0.29, 0.717) is 60.3 Å². The number of nitrogens with two attached hydrogens (primary N) is 1. The second-order valence-corrected chi connectivity index (χ2v) is 7.73. The van der Waals surface area contributed by atoms with Crippen LogP contribution in [-0.2, 0) is 9.53 Å². The van der Waals surface area contributed by atoms with E-state index >= 15 is 0 Å². The summed E-state index contributed by atoms with van der Waals surface area (Å²) in [5.41, 5.74) is 9.60. The molecule has 31 heavy (non-hydrogen) atoms. The van der Waals surface area contributed by atoms with Crippen LogP contribution in [-0.4, -0.2) is 37.3 Å². The monoisotopic (exact) mass is 426 g/mol. The summed E-state index contributed by atoms with van der Waals surface area (Å²) in [5.74, 6) is 0.604. The normalized spacial score (nSPS) is 20.4. The highest BCUT2D eigenvalue weighted by molar-refractivity contribution is 5.99. The van der Waals surface area contributed by atoms with Gasteiger partial charge < -0.3 is 25.3 Å². The van der Waals surface area contributed by atoms with Gasteiger partial charge in [-0.05, 0) is 31.0 Å². The summed E-state index contributed by atoms with van der Waals surface area (Å²) >= 11 is 0. The van der Waals surface area contributed by atoms with Gasteiger partial charge >= 0.3 is 6.09 Å². The van der Waals surface area contributed by atoms with Gasteiger partial charge in [0.2, 0.25) is 5.91 Å². The molecule has 9 heteroatoms. The molecule has 164 valence electrons. The van der Waals surface area contributed by atoms with E-state index in [0.717, 1.165) is 12.0 Å². The van der Waals surface area contributed by atoms with Crippen LogP contribution in [0.5, 0.6) is 11.6 Å². The third kappa shape index (κ3) is 4.41. The molecular weight excluding hydrogens is 400 g/mol. The van der Waals surface area contributed by atoms with Crippen molar-refractivity contribution in [2.75, 3.05) is 31.0 Å². The quantitative estimate of drug-likeness (QED) is 0.638. The molecule has 3 heterocycles. The maximum Gasteiger partial charge on any atom is 0.411 e. The second-order valence-electron chi connectivity index (χ2n) is 7.73. The Bertz CT molecular complexity index is 1010. The van der Waals surface area contributed by atoms with Crippen molar-refractivity contribution in [3.8, 4) is 22.8 Å². The number of methoxy groups -OCH3 is 1. The van der Waals surface area contributed by atoms with Crippen LogP contribution in [0.3, 0.4) is 0 Å². The topological polar surface area (TPSA) is 125 Å². The Morgan fingerprint density at radius 3 is 2.84 bits per heavy atom. The van der Waals surface area contributed by atoms with Crippen LogP contribution in [0.4, 0.5) is 16.2 Å². The van der Waals surface area contributed by atoms with Gasteiger partial charge in [0, 0.05) is 28.8 Å². The minimum absolute atomic E-state index is 0.106. The number of nitrogens with zero attached hydrogens (tertiary/aromatic N) is 1. The lowest BCUT2D eigenvalue weighted by Crippen LogP contribution is -2.23. The van der Waals surface area contributed by atoms with Crippen molar-refractivity contribution in [3.63, 3.8) is 0 Å². The van der Waals surface area contributed by atoms with Crippen LogP contribution in [0.2, 0.25) is 0 Å². The van der Waals surface area contributed by atoms with Gasteiger partial charge in [-0.1, -0.05) is 19.4 Å². The first-order chi connectivity index (χ1) is 15.0. The predicted molar refractivity (Wildman–Crippen MR) is 115 cm³/mol. The molecule has 0 radical (unpaired) electrons. The third-order valence-electron chi connectivity index (χ3n) is 5.51. The van der Waals surface area contributed by atoms with E-state index in [4.69, 9.17) is 15.2 Å². The zero-order chi connectivity index (χ0) is 22.0. The number of rotatable bonds is 1. The summed E-state index contributed by atoms with van der Waals surface area (Å²) in [6, 6.07) is 6.83. The van der Waals surface area contributed by atoms with Gasteiger partial charge in [-0.2, -0.15) is 0 Å². The standard InChI is InChI=1S/C22H26N4O5/c1-12-4-3-5-16(23)18-11-15(19-21(26-18)31-9-8-30-19)14-7-6-13(24-22(28)29-2)10-17(14)25-20(12)27/h6-7,10-12,16H,3-5,8-9,23H2,1-2H3,(H,24,28)(H,25,27)/t12-,16+/m1/s1. The van der Waals surface area contributed by atoms with Gasteiger partial charge in [-0.25, -0.2) is 9.78 Å². The fraction of sp³-hybridized carbons (Fsp3) is 0.409. The molecule has 0 spiro atoms. The number of ether oxygens (including phenoxy) is 3. The predicted octanol–water partition coefficient (Wildman–Crippen LogP) is 3.46. The zero-order valence-electron chi connectivity index (χ0n) is 17.6. The molecular formula is C22H26N4O5. The third-order valence-corrected chi connectivity index (χ3v) is 5.51. The first kappa shape index (κ1) is 20.9. The lowest BCUT2D eigenvalue weighted by molar-refractivity contribution is -0.119. The van der Waals surface area contributed by atoms with Gasteiger partial charge in [0.25, 0.3) is 5.88 Å². The molecule has 9 nitrogen and oxygen atoms in total. The van der Waals surface area contributed by atoms with Gasteiger partial charge in [-0.3, -0.25) is 10.1 Å². The number of fused-ring (bicyclic) bond motifs is 6. The smallest absolute Gasteiger partial charge is 0.411 e. The highest BCUT2D eigenvalue weighted by atomic mass is 16.6. The van der Waals surface area contributed by atoms with E-state index in [-0.39, 0.29) is 17.9 Å². The molecule has 4 rings (SSSR count). The maximum atomic E-state index is 12.9. The van der Waals surface area contributed by atoms with Gasteiger partial charge in [0.15, 0.2) is 5.75 Å². The molecule has 2 aliphatic rings. The number of carbonyl (C=O) groups is 2. The minimum atomic E-state index is -0.598. The van der Waals surface area contributed by atoms with Crippen LogP contribution in [0.1, 0.15) is 37.9 Å². The molecule has 0 saturated heterocycles. The average Bonchev–Trinajstić information content (AvgIpc) is 2.77. The second kappa shape index (κ2) is 8.81. The Hall–Kier alpha value is -3.33. The summed E-state index contributed by atoms with van der Waals surface area (Å²) in [4.78, 5) is 29.1. The molecule has 0 saturated carbocycles. The number of anilines is 2. The number of nitrogens with one attached hydrogen (secondary N) is 2. The maximum absolute atomic E-state index is 12.9. The summed E-state index contributed by atoms with van der Waals surface area (Å²) in [6.07, 6.45) is 1.60. The van der Waals surface area contributed by atoms with E-state index < -0.39 is 6.09 Å². The molecule has 4 N–H and O–H groups in total. The highest BCUT2D eigenvalue weighted by Gasteiger charge is 2.26. The number of hydrogen-bond acceptors (Lipinski definition) is 7. The van der Waals surface area contributed by atoms with Crippen LogP contribution < -0.4 is 25.8 Å². The molecule has 0 aliphatic carbocycles. The van der Waals surface area contributed by atoms with Gasteiger partial charge in [-0.15, -0.1) is 0 Å². The number of carbonyl (C=O) groups excluding carboxylic acids is 2. The highest BCUT2D eigenvalue weighted by Crippen LogP contribution is 2.44. The van der Waals surface area contributed by atoms with Crippen molar-refractivity contribution in [2.45, 2.75) is 32.2 Å². The molecule has 2 atom stereocenters. The van der Waals surface area contributed by atoms with Crippen LogP contribution in [0.15, 0.2) is 24.3 Å².